The van der Waals surface area contributed by atoms with E-state index in [-0.39, 0.29) is 12.1 Å². The van der Waals surface area contributed by atoms with Crippen molar-refractivity contribution in [2.24, 2.45) is 11.8 Å². The first-order valence-corrected chi connectivity index (χ1v) is 6.19. The van der Waals surface area contributed by atoms with Crippen LogP contribution in [0.1, 0.15) is 31.4 Å². The third-order valence-corrected chi connectivity index (χ3v) is 3.20. The van der Waals surface area contributed by atoms with Gasteiger partial charge in [-0.15, -0.1) is 0 Å². The van der Waals surface area contributed by atoms with E-state index >= 15 is 0 Å². The molecule has 0 aliphatic heterocycles. The highest BCUT2D eigenvalue weighted by atomic mass is 19.1. The molecule has 1 aliphatic carbocycles. The number of benzene rings is 1. The number of hydrogen-bond acceptors (Lipinski definition) is 3. The molecule has 18 heavy (non-hydrogen) atoms. The van der Waals surface area contributed by atoms with E-state index in [9.17, 15) is 8.78 Å². The third kappa shape index (κ3) is 3.04. The van der Waals surface area contributed by atoms with Crippen molar-refractivity contribution < 1.29 is 13.5 Å². The molecule has 0 spiro atoms. The fourth-order valence-corrected chi connectivity index (χ4v) is 2.26. The summed E-state index contributed by atoms with van der Waals surface area (Å²) in [6, 6.07) is 3.05. The van der Waals surface area contributed by atoms with E-state index in [1.54, 1.807) is 0 Å². The molecule has 0 saturated heterocycles. The Kier molecular flexibility index (Phi) is 4.27. The molecule has 5 heteroatoms. The SMILES string of the molecule is CCOC(C1CC1)C(NN)c1cc(F)cc(F)c1. The van der Waals surface area contributed by atoms with Crippen molar-refractivity contribution in [1.82, 2.24) is 5.43 Å². The molecular formula is C13H18F2N2O. The van der Waals surface area contributed by atoms with Gasteiger partial charge in [0.25, 0.3) is 0 Å². The number of hydrazine groups is 1. The van der Waals surface area contributed by atoms with Crippen LogP contribution in [0, 0.1) is 17.6 Å². The Morgan fingerprint density at radius 3 is 2.39 bits per heavy atom. The normalized spacial score (nSPS) is 18.7. The van der Waals surface area contributed by atoms with Crippen LogP contribution in [-0.2, 0) is 4.74 Å². The maximum Gasteiger partial charge on any atom is 0.126 e. The van der Waals surface area contributed by atoms with Crippen molar-refractivity contribution in [3.8, 4) is 0 Å². The Labute approximate surface area is 105 Å². The molecule has 1 saturated carbocycles. The highest BCUT2D eigenvalue weighted by Crippen LogP contribution is 2.40. The number of rotatable bonds is 6. The van der Waals surface area contributed by atoms with Gasteiger partial charge in [0.05, 0.1) is 12.1 Å². The highest BCUT2D eigenvalue weighted by molar-refractivity contribution is 5.23. The van der Waals surface area contributed by atoms with Crippen molar-refractivity contribution in [1.29, 1.82) is 0 Å². The fraction of sp³-hybridized carbons (Fsp3) is 0.538. The maximum atomic E-state index is 13.2. The molecule has 3 N–H and O–H groups in total. The molecule has 1 aromatic carbocycles. The van der Waals surface area contributed by atoms with Gasteiger partial charge in [-0.1, -0.05) is 0 Å². The first-order chi connectivity index (χ1) is 8.65. The minimum atomic E-state index is -0.601. The van der Waals surface area contributed by atoms with Crippen LogP contribution in [-0.4, -0.2) is 12.7 Å². The largest absolute Gasteiger partial charge is 0.376 e. The summed E-state index contributed by atoms with van der Waals surface area (Å²) in [6.07, 6.45) is 2.00. The molecule has 0 radical (unpaired) electrons. The molecule has 1 fully saturated rings. The molecule has 0 amide bonds. The van der Waals surface area contributed by atoms with Crippen LogP contribution in [0.2, 0.25) is 0 Å². The molecule has 2 rings (SSSR count). The van der Waals surface area contributed by atoms with Crippen molar-refractivity contribution in [2.45, 2.75) is 31.9 Å². The monoisotopic (exact) mass is 256 g/mol. The highest BCUT2D eigenvalue weighted by Gasteiger charge is 2.37. The summed E-state index contributed by atoms with van der Waals surface area (Å²) < 4.78 is 32.1. The van der Waals surface area contributed by atoms with Crippen molar-refractivity contribution >= 4 is 0 Å². The minimum Gasteiger partial charge on any atom is -0.376 e. The summed E-state index contributed by atoms with van der Waals surface area (Å²) >= 11 is 0. The van der Waals surface area contributed by atoms with E-state index in [4.69, 9.17) is 10.6 Å². The van der Waals surface area contributed by atoms with Crippen LogP contribution in [0.5, 0.6) is 0 Å². The quantitative estimate of drug-likeness (QED) is 0.606. The molecule has 2 atom stereocenters. The third-order valence-electron chi connectivity index (χ3n) is 3.20. The Morgan fingerprint density at radius 2 is 1.94 bits per heavy atom. The van der Waals surface area contributed by atoms with Crippen LogP contribution in [0.4, 0.5) is 8.78 Å². The topological polar surface area (TPSA) is 47.3 Å². The fourth-order valence-electron chi connectivity index (χ4n) is 2.26. The summed E-state index contributed by atoms with van der Waals surface area (Å²) in [5.41, 5.74) is 3.11. The zero-order chi connectivity index (χ0) is 13.1. The zero-order valence-electron chi connectivity index (χ0n) is 10.3. The second-order valence-electron chi connectivity index (χ2n) is 4.60. The molecule has 1 aliphatic rings. The van der Waals surface area contributed by atoms with Gasteiger partial charge in [0.2, 0.25) is 0 Å². The lowest BCUT2D eigenvalue weighted by Crippen LogP contribution is -2.39. The second kappa shape index (κ2) is 5.73. The van der Waals surface area contributed by atoms with E-state index in [2.05, 4.69) is 5.43 Å². The van der Waals surface area contributed by atoms with Crippen LogP contribution < -0.4 is 11.3 Å². The van der Waals surface area contributed by atoms with Gasteiger partial charge in [-0.2, -0.15) is 0 Å². The number of nitrogens with one attached hydrogen (secondary N) is 1. The lowest BCUT2D eigenvalue weighted by molar-refractivity contribution is 0.0184. The number of nitrogens with two attached hydrogens (primary N) is 1. The average Bonchev–Trinajstić information content (AvgIpc) is 3.11. The van der Waals surface area contributed by atoms with Crippen LogP contribution >= 0.6 is 0 Å². The summed E-state index contributed by atoms with van der Waals surface area (Å²) in [5, 5.41) is 0. The van der Waals surface area contributed by atoms with Gasteiger partial charge in [0, 0.05) is 12.7 Å². The van der Waals surface area contributed by atoms with Crippen molar-refractivity contribution in [3.63, 3.8) is 0 Å². The van der Waals surface area contributed by atoms with Gasteiger partial charge in [0.1, 0.15) is 11.6 Å². The Bertz CT molecular complexity index is 390. The number of halogens is 2. The number of ether oxygens (including phenoxy) is 1. The molecule has 3 nitrogen and oxygen atoms in total. The Balaban J connectivity index is 2.24. The summed E-state index contributed by atoms with van der Waals surface area (Å²) in [5.74, 6) is 4.74. The second-order valence-corrected chi connectivity index (χ2v) is 4.60. The van der Waals surface area contributed by atoms with Gasteiger partial charge in [-0.25, -0.2) is 8.78 Å². The number of hydrogen-bond donors (Lipinski definition) is 2. The molecule has 100 valence electrons. The Morgan fingerprint density at radius 1 is 1.33 bits per heavy atom. The predicted octanol–water partition coefficient (Wildman–Crippen LogP) is 2.28. The van der Waals surface area contributed by atoms with E-state index in [0.717, 1.165) is 18.9 Å². The van der Waals surface area contributed by atoms with Gasteiger partial charge in [-0.3, -0.25) is 11.3 Å². The predicted molar refractivity (Wildman–Crippen MR) is 64.6 cm³/mol. The summed E-state index contributed by atoms with van der Waals surface area (Å²) in [7, 11) is 0. The van der Waals surface area contributed by atoms with Gasteiger partial charge < -0.3 is 4.74 Å². The summed E-state index contributed by atoms with van der Waals surface area (Å²) in [6.45, 7) is 2.45. The van der Waals surface area contributed by atoms with E-state index < -0.39 is 11.6 Å². The lowest BCUT2D eigenvalue weighted by atomic mass is 9.98. The Hall–Kier alpha value is -1.04. The standard InChI is InChI=1S/C13H18F2N2O/c1-2-18-13(8-3-4-8)12(17-16)9-5-10(14)7-11(15)6-9/h5-8,12-13,17H,2-4,16H2,1H3. The maximum absolute atomic E-state index is 13.2. The van der Waals surface area contributed by atoms with Crippen LogP contribution in [0.25, 0.3) is 0 Å². The van der Waals surface area contributed by atoms with Gasteiger partial charge in [-0.05, 0) is 43.4 Å². The van der Waals surface area contributed by atoms with Crippen LogP contribution in [0.15, 0.2) is 18.2 Å². The lowest BCUT2D eigenvalue weighted by Gasteiger charge is -2.27. The van der Waals surface area contributed by atoms with E-state index in [1.165, 1.54) is 12.1 Å². The van der Waals surface area contributed by atoms with Gasteiger partial charge >= 0.3 is 0 Å². The van der Waals surface area contributed by atoms with Gasteiger partial charge in [0.15, 0.2) is 0 Å². The first kappa shape index (κ1) is 13.4. The summed E-state index contributed by atoms with van der Waals surface area (Å²) in [4.78, 5) is 0. The average molecular weight is 256 g/mol. The smallest absolute Gasteiger partial charge is 0.126 e. The van der Waals surface area contributed by atoms with Crippen molar-refractivity contribution in [3.05, 3.63) is 35.4 Å². The molecular weight excluding hydrogens is 238 g/mol. The minimum absolute atomic E-state index is 0.138. The molecule has 1 aromatic rings. The van der Waals surface area contributed by atoms with E-state index in [1.807, 2.05) is 6.92 Å². The molecule has 0 bridgehead atoms. The molecule has 2 unspecified atom stereocenters. The molecule has 0 heterocycles. The molecule has 0 aromatic heterocycles. The first-order valence-electron chi connectivity index (χ1n) is 6.19. The van der Waals surface area contributed by atoms with Crippen molar-refractivity contribution in [2.75, 3.05) is 6.61 Å². The van der Waals surface area contributed by atoms with E-state index in [0.29, 0.717) is 18.1 Å². The van der Waals surface area contributed by atoms with Crippen LogP contribution in [0.3, 0.4) is 0 Å². The zero-order valence-corrected chi connectivity index (χ0v) is 10.3.